The Morgan fingerprint density at radius 2 is 1.87 bits per heavy atom. The number of aromatic nitrogens is 3. The van der Waals surface area contributed by atoms with E-state index in [2.05, 4.69) is 16.9 Å². The van der Waals surface area contributed by atoms with Crippen molar-refractivity contribution in [3.8, 4) is 5.69 Å². The molecule has 1 atom stereocenters. The minimum atomic E-state index is -0.646. The summed E-state index contributed by atoms with van der Waals surface area (Å²) in [4.78, 5) is 33.7. The third kappa shape index (κ3) is 3.90. The first kappa shape index (κ1) is 20.3. The number of carbonyl (C=O) groups is 1. The fourth-order valence-electron chi connectivity index (χ4n) is 3.79. The molecule has 0 saturated carbocycles. The second-order valence-electron chi connectivity index (χ2n) is 7.55. The lowest BCUT2D eigenvalue weighted by molar-refractivity contribution is 0.100. The van der Waals surface area contributed by atoms with Crippen molar-refractivity contribution in [2.75, 3.05) is 5.73 Å². The summed E-state index contributed by atoms with van der Waals surface area (Å²) in [6, 6.07) is 14.5. The molecule has 0 aliphatic carbocycles. The molecule has 3 heterocycles. The number of amides is 1. The highest BCUT2D eigenvalue weighted by Crippen LogP contribution is 2.25. The molecule has 1 unspecified atom stereocenters. The number of nitrogens with two attached hydrogens (primary N) is 2. The van der Waals surface area contributed by atoms with Crippen LogP contribution in [0, 0.1) is 0 Å². The largest absolute Gasteiger partial charge is 0.396 e. The van der Waals surface area contributed by atoms with E-state index in [1.54, 1.807) is 36.8 Å². The molecule has 0 radical (unpaired) electrons. The van der Waals surface area contributed by atoms with Gasteiger partial charge in [0.1, 0.15) is 5.65 Å². The molecule has 0 fully saturated rings. The highest BCUT2D eigenvalue weighted by atomic mass is 16.1. The molecule has 0 bridgehead atoms. The van der Waals surface area contributed by atoms with E-state index in [0.29, 0.717) is 23.3 Å². The number of fused-ring (bicyclic) bond motifs is 1. The van der Waals surface area contributed by atoms with Gasteiger partial charge in [0.05, 0.1) is 16.9 Å². The Kier molecular flexibility index (Phi) is 5.49. The number of aryl methyl sites for hydroxylation is 1. The summed E-state index contributed by atoms with van der Waals surface area (Å²) >= 11 is 0. The summed E-state index contributed by atoms with van der Waals surface area (Å²) in [6.07, 6.45) is 6.55. The first-order chi connectivity index (χ1) is 15.0. The van der Waals surface area contributed by atoms with E-state index in [4.69, 9.17) is 11.5 Å². The Balaban J connectivity index is 1.81. The molecule has 0 saturated heterocycles. The fraction of sp³-hybridized carbons (Fsp3) is 0.167. The van der Waals surface area contributed by atoms with E-state index in [0.717, 1.165) is 11.8 Å². The van der Waals surface area contributed by atoms with Crippen LogP contribution < -0.4 is 17.0 Å². The van der Waals surface area contributed by atoms with Crippen LogP contribution >= 0.6 is 0 Å². The van der Waals surface area contributed by atoms with Gasteiger partial charge in [-0.15, -0.1) is 0 Å². The Hall–Kier alpha value is -4.00. The quantitative estimate of drug-likeness (QED) is 0.471. The lowest BCUT2D eigenvalue weighted by Crippen LogP contribution is -2.25. The molecule has 7 heteroatoms. The van der Waals surface area contributed by atoms with E-state index >= 15 is 0 Å². The third-order valence-electron chi connectivity index (χ3n) is 5.55. The van der Waals surface area contributed by atoms with Crippen LogP contribution in [0.2, 0.25) is 0 Å². The summed E-state index contributed by atoms with van der Waals surface area (Å²) in [7, 11) is 0. The van der Waals surface area contributed by atoms with Gasteiger partial charge in [-0.2, -0.15) is 0 Å². The van der Waals surface area contributed by atoms with Crippen molar-refractivity contribution in [3.05, 3.63) is 94.2 Å². The van der Waals surface area contributed by atoms with Crippen molar-refractivity contribution in [2.24, 2.45) is 5.73 Å². The topological polar surface area (TPSA) is 117 Å². The van der Waals surface area contributed by atoms with Crippen LogP contribution in [0.3, 0.4) is 0 Å². The number of carbonyl (C=O) groups excluding carboxylic acids is 1. The minimum absolute atomic E-state index is 0.159. The molecule has 156 valence electrons. The van der Waals surface area contributed by atoms with Crippen LogP contribution in [0.4, 0.5) is 5.69 Å². The van der Waals surface area contributed by atoms with Crippen LogP contribution in [0.25, 0.3) is 16.7 Å². The Bertz CT molecular complexity index is 1310. The molecule has 3 aromatic heterocycles. The van der Waals surface area contributed by atoms with E-state index in [-0.39, 0.29) is 22.7 Å². The SMILES string of the molecule is CC(CCc1cc2cccnc2n(-c2cccc(C(N)=O)c2N)c1=O)c1ccncc1. The average Bonchev–Trinajstić information content (AvgIpc) is 2.78. The molecule has 4 rings (SSSR count). The van der Waals surface area contributed by atoms with Crippen molar-refractivity contribution < 1.29 is 4.79 Å². The zero-order valence-corrected chi connectivity index (χ0v) is 17.2. The van der Waals surface area contributed by atoms with Gasteiger partial charge in [0.25, 0.3) is 11.5 Å². The zero-order valence-electron chi connectivity index (χ0n) is 17.2. The molecule has 31 heavy (non-hydrogen) atoms. The molecule has 7 nitrogen and oxygen atoms in total. The maximum atomic E-state index is 13.5. The van der Waals surface area contributed by atoms with Gasteiger partial charge in [0.15, 0.2) is 0 Å². The van der Waals surface area contributed by atoms with Crippen LogP contribution in [-0.2, 0) is 6.42 Å². The number of para-hydroxylation sites is 1. The predicted octanol–water partition coefficient (Wildman–Crippen LogP) is 3.20. The Labute approximate surface area is 179 Å². The van der Waals surface area contributed by atoms with Gasteiger partial charge < -0.3 is 11.5 Å². The molecular formula is C24H23N5O2. The van der Waals surface area contributed by atoms with Gasteiger partial charge in [-0.1, -0.05) is 13.0 Å². The Morgan fingerprint density at radius 1 is 1.10 bits per heavy atom. The van der Waals surface area contributed by atoms with Crippen LogP contribution in [-0.4, -0.2) is 20.4 Å². The van der Waals surface area contributed by atoms with Gasteiger partial charge in [0.2, 0.25) is 0 Å². The van der Waals surface area contributed by atoms with Gasteiger partial charge in [-0.05, 0) is 66.8 Å². The lowest BCUT2D eigenvalue weighted by atomic mass is 9.95. The maximum absolute atomic E-state index is 13.5. The number of hydrogen-bond donors (Lipinski definition) is 2. The monoisotopic (exact) mass is 413 g/mol. The van der Waals surface area contributed by atoms with Crippen molar-refractivity contribution >= 4 is 22.6 Å². The standard InChI is InChI=1S/C24H23N5O2/c1-15(16-9-12-27-13-10-16)7-8-18-14-17-4-3-11-28-23(17)29(24(18)31)20-6-2-5-19(21(20)25)22(26)30/h2-6,9-15H,7-8,25H2,1H3,(H2,26,30). The predicted molar refractivity (Wildman–Crippen MR) is 121 cm³/mol. The molecule has 4 aromatic rings. The molecular weight excluding hydrogens is 390 g/mol. The minimum Gasteiger partial charge on any atom is -0.396 e. The highest BCUT2D eigenvalue weighted by Gasteiger charge is 2.17. The summed E-state index contributed by atoms with van der Waals surface area (Å²) in [5.74, 6) is -0.379. The number of hydrogen-bond acceptors (Lipinski definition) is 5. The second-order valence-corrected chi connectivity index (χ2v) is 7.55. The number of nitrogens with zero attached hydrogens (tertiary/aromatic N) is 3. The highest BCUT2D eigenvalue weighted by molar-refractivity contribution is 6.00. The number of rotatable bonds is 6. The van der Waals surface area contributed by atoms with Crippen molar-refractivity contribution in [3.63, 3.8) is 0 Å². The summed E-state index contributed by atoms with van der Waals surface area (Å²) in [5.41, 5.74) is 14.5. The lowest BCUT2D eigenvalue weighted by Gasteiger charge is -2.16. The average molecular weight is 413 g/mol. The fourth-order valence-corrected chi connectivity index (χ4v) is 3.79. The molecule has 0 aliphatic heterocycles. The molecule has 0 aliphatic rings. The number of pyridine rings is 3. The van der Waals surface area contributed by atoms with Crippen LogP contribution in [0.5, 0.6) is 0 Å². The van der Waals surface area contributed by atoms with E-state index in [1.165, 1.54) is 10.1 Å². The van der Waals surface area contributed by atoms with Gasteiger partial charge in [-0.3, -0.25) is 19.1 Å². The summed E-state index contributed by atoms with van der Waals surface area (Å²) < 4.78 is 1.48. The normalized spacial score (nSPS) is 12.0. The van der Waals surface area contributed by atoms with Crippen LogP contribution in [0.15, 0.2) is 71.9 Å². The van der Waals surface area contributed by atoms with Gasteiger partial charge in [0, 0.05) is 29.5 Å². The van der Waals surface area contributed by atoms with E-state index < -0.39 is 5.91 Å². The summed E-state index contributed by atoms with van der Waals surface area (Å²) in [6.45, 7) is 2.13. The van der Waals surface area contributed by atoms with Crippen molar-refractivity contribution in [2.45, 2.75) is 25.7 Å². The number of nitrogen functional groups attached to an aromatic ring is 1. The Morgan fingerprint density at radius 3 is 2.61 bits per heavy atom. The van der Waals surface area contributed by atoms with Gasteiger partial charge >= 0.3 is 0 Å². The van der Waals surface area contributed by atoms with Crippen molar-refractivity contribution in [1.29, 1.82) is 0 Å². The zero-order chi connectivity index (χ0) is 22.0. The van der Waals surface area contributed by atoms with E-state index in [1.807, 2.05) is 30.3 Å². The number of primary amides is 1. The maximum Gasteiger partial charge on any atom is 0.260 e. The molecule has 4 N–H and O–H groups in total. The van der Waals surface area contributed by atoms with E-state index in [9.17, 15) is 9.59 Å². The molecule has 0 spiro atoms. The van der Waals surface area contributed by atoms with Crippen LogP contribution in [0.1, 0.15) is 40.7 Å². The second kappa shape index (κ2) is 8.39. The molecule has 1 amide bonds. The van der Waals surface area contributed by atoms with Crippen molar-refractivity contribution in [1.82, 2.24) is 14.5 Å². The number of benzene rings is 1. The molecule has 1 aromatic carbocycles. The first-order valence-electron chi connectivity index (χ1n) is 10.1. The first-order valence-corrected chi connectivity index (χ1v) is 10.1. The third-order valence-corrected chi connectivity index (χ3v) is 5.55. The smallest absolute Gasteiger partial charge is 0.260 e. The summed E-state index contributed by atoms with van der Waals surface area (Å²) in [5, 5.41) is 0.817. The number of anilines is 1. The van der Waals surface area contributed by atoms with Gasteiger partial charge in [-0.25, -0.2) is 4.98 Å².